The van der Waals surface area contributed by atoms with Crippen LogP contribution in [-0.2, 0) is 0 Å². The van der Waals surface area contributed by atoms with E-state index in [4.69, 9.17) is 4.74 Å². The van der Waals surface area contributed by atoms with E-state index in [1.807, 2.05) is 17.6 Å². The van der Waals surface area contributed by atoms with Crippen LogP contribution in [-0.4, -0.2) is 12.1 Å². The fraction of sp³-hybridized carbons (Fsp3) is 0.357. The van der Waals surface area contributed by atoms with Crippen molar-refractivity contribution in [2.75, 3.05) is 7.11 Å². The van der Waals surface area contributed by atoms with Gasteiger partial charge in [0, 0.05) is 17.5 Å². The molecule has 2 aromatic rings. The van der Waals surface area contributed by atoms with Crippen molar-refractivity contribution in [2.24, 2.45) is 0 Å². The summed E-state index contributed by atoms with van der Waals surface area (Å²) in [6, 6.07) is 8.69. The summed E-state index contributed by atoms with van der Waals surface area (Å²) in [5.74, 6) is 0.887. The lowest BCUT2D eigenvalue weighted by molar-refractivity contribution is 0.414. The van der Waals surface area contributed by atoms with E-state index < -0.39 is 0 Å². The van der Waals surface area contributed by atoms with Gasteiger partial charge in [-0.25, -0.2) is 4.98 Å². The highest BCUT2D eigenvalue weighted by molar-refractivity contribution is 7.07. The van der Waals surface area contributed by atoms with Gasteiger partial charge >= 0.3 is 0 Å². The smallest absolute Gasteiger partial charge is 0.118 e. The number of hydrogen-bond donors (Lipinski definition) is 1. The van der Waals surface area contributed by atoms with Gasteiger partial charge in [0.2, 0.25) is 0 Å². The van der Waals surface area contributed by atoms with E-state index in [-0.39, 0.29) is 12.1 Å². The van der Waals surface area contributed by atoms with Crippen LogP contribution in [0.5, 0.6) is 5.75 Å². The van der Waals surface area contributed by atoms with Crippen LogP contribution >= 0.6 is 11.3 Å². The van der Waals surface area contributed by atoms with Gasteiger partial charge in [0.25, 0.3) is 0 Å². The number of nitrogens with one attached hydrogen (secondary N) is 1. The van der Waals surface area contributed by atoms with Gasteiger partial charge in [-0.2, -0.15) is 0 Å². The molecule has 0 saturated heterocycles. The lowest BCUT2D eigenvalue weighted by Gasteiger charge is -2.19. The van der Waals surface area contributed by atoms with E-state index in [2.05, 4.69) is 41.7 Å². The summed E-state index contributed by atoms with van der Waals surface area (Å²) < 4.78 is 5.16. The molecular weight excluding hydrogens is 244 g/mol. The molecule has 1 aromatic carbocycles. The van der Waals surface area contributed by atoms with Crippen molar-refractivity contribution in [3.05, 3.63) is 46.4 Å². The summed E-state index contributed by atoms with van der Waals surface area (Å²) in [4.78, 5) is 4.33. The molecule has 1 unspecified atom stereocenters. The molecule has 0 saturated carbocycles. The molecule has 1 N–H and O–H groups in total. The summed E-state index contributed by atoms with van der Waals surface area (Å²) in [7, 11) is 1.68. The van der Waals surface area contributed by atoms with E-state index in [0.717, 1.165) is 11.4 Å². The second kappa shape index (κ2) is 5.98. The fourth-order valence-corrected chi connectivity index (χ4v) is 2.53. The second-order valence-corrected chi connectivity index (χ2v) is 5.02. The molecule has 0 bridgehead atoms. The Bertz CT molecular complexity index is 467. The Morgan fingerprint density at radius 2 is 1.89 bits per heavy atom. The molecule has 18 heavy (non-hydrogen) atoms. The molecule has 4 heteroatoms. The lowest BCUT2D eigenvalue weighted by Crippen LogP contribution is -2.22. The number of methoxy groups -OCH3 is 1. The first-order chi connectivity index (χ1) is 8.70. The first-order valence-corrected chi connectivity index (χ1v) is 6.93. The molecule has 3 nitrogen and oxygen atoms in total. The van der Waals surface area contributed by atoms with Gasteiger partial charge in [-0.15, -0.1) is 11.3 Å². The topological polar surface area (TPSA) is 34.1 Å². The molecule has 0 aliphatic heterocycles. The minimum atomic E-state index is 0.258. The fourth-order valence-electron chi connectivity index (χ4n) is 1.88. The molecule has 1 heterocycles. The number of hydrogen-bond acceptors (Lipinski definition) is 4. The van der Waals surface area contributed by atoms with E-state index in [0.29, 0.717) is 0 Å². The zero-order valence-corrected chi connectivity index (χ0v) is 11.7. The molecule has 0 spiro atoms. The van der Waals surface area contributed by atoms with Crippen LogP contribution in [0.15, 0.2) is 35.2 Å². The summed E-state index contributed by atoms with van der Waals surface area (Å²) in [6.07, 6.45) is 0. The number of benzene rings is 1. The minimum Gasteiger partial charge on any atom is -0.497 e. The molecule has 0 radical (unpaired) electrons. The molecule has 2 atom stereocenters. The van der Waals surface area contributed by atoms with E-state index in [1.165, 1.54) is 5.56 Å². The molecule has 96 valence electrons. The molecule has 0 amide bonds. The van der Waals surface area contributed by atoms with Crippen LogP contribution < -0.4 is 10.1 Å². The third-order valence-corrected chi connectivity index (χ3v) is 3.62. The van der Waals surface area contributed by atoms with Gasteiger partial charge in [0.05, 0.1) is 18.3 Å². The van der Waals surface area contributed by atoms with Crippen molar-refractivity contribution < 1.29 is 4.74 Å². The van der Waals surface area contributed by atoms with Crippen molar-refractivity contribution in [3.8, 4) is 5.75 Å². The molecular formula is C14H18N2OS. The van der Waals surface area contributed by atoms with Crippen LogP contribution in [0.3, 0.4) is 0 Å². The van der Waals surface area contributed by atoms with E-state index in [1.54, 1.807) is 18.4 Å². The highest BCUT2D eigenvalue weighted by Crippen LogP contribution is 2.21. The van der Waals surface area contributed by atoms with E-state index in [9.17, 15) is 0 Å². The van der Waals surface area contributed by atoms with Crippen LogP contribution in [0.4, 0.5) is 0 Å². The van der Waals surface area contributed by atoms with Gasteiger partial charge < -0.3 is 10.1 Å². The van der Waals surface area contributed by atoms with Gasteiger partial charge in [0.15, 0.2) is 0 Å². The molecule has 0 fully saturated rings. The van der Waals surface area contributed by atoms with Crippen molar-refractivity contribution in [1.29, 1.82) is 0 Å². The van der Waals surface area contributed by atoms with Crippen LogP contribution in [0.25, 0.3) is 0 Å². The van der Waals surface area contributed by atoms with Crippen molar-refractivity contribution in [1.82, 2.24) is 10.3 Å². The Morgan fingerprint density at radius 3 is 2.44 bits per heavy atom. The predicted octanol–water partition coefficient (Wildman–Crippen LogP) is 3.56. The number of thiazole rings is 1. The Morgan fingerprint density at radius 1 is 1.17 bits per heavy atom. The number of ether oxygens (including phenoxy) is 1. The second-order valence-electron chi connectivity index (χ2n) is 4.30. The number of rotatable bonds is 5. The van der Waals surface area contributed by atoms with Crippen LogP contribution in [0.1, 0.15) is 37.2 Å². The maximum Gasteiger partial charge on any atom is 0.118 e. The summed E-state index contributed by atoms with van der Waals surface area (Å²) in [5, 5.41) is 5.62. The first kappa shape index (κ1) is 13.1. The first-order valence-electron chi connectivity index (χ1n) is 5.99. The third-order valence-electron chi connectivity index (χ3n) is 3.01. The number of nitrogens with zero attached hydrogens (tertiary/aromatic N) is 1. The average molecular weight is 262 g/mol. The van der Waals surface area contributed by atoms with Gasteiger partial charge in [-0.1, -0.05) is 12.1 Å². The van der Waals surface area contributed by atoms with Gasteiger partial charge in [0.1, 0.15) is 5.75 Å². The zero-order chi connectivity index (χ0) is 13.0. The van der Waals surface area contributed by atoms with Crippen LogP contribution in [0.2, 0.25) is 0 Å². The predicted molar refractivity (Wildman–Crippen MR) is 75.1 cm³/mol. The van der Waals surface area contributed by atoms with Crippen LogP contribution in [0, 0.1) is 0 Å². The molecule has 0 aliphatic rings. The zero-order valence-electron chi connectivity index (χ0n) is 10.9. The minimum absolute atomic E-state index is 0.258. The Labute approximate surface area is 112 Å². The van der Waals surface area contributed by atoms with Gasteiger partial charge in [-0.05, 0) is 31.5 Å². The third kappa shape index (κ3) is 3.09. The molecule has 0 aliphatic carbocycles. The Hall–Kier alpha value is -1.39. The summed E-state index contributed by atoms with van der Waals surface area (Å²) >= 11 is 1.63. The lowest BCUT2D eigenvalue weighted by atomic mass is 10.1. The summed E-state index contributed by atoms with van der Waals surface area (Å²) in [6.45, 7) is 4.29. The maximum absolute atomic E-state index is 5.16. The highest BCUT2D eigenvalue weighted by atomic mass is 32.1. The Kier molecular flexibility index (Phi) is 4.33. The van der Waals surface area contributed by atoms with E-state index >= 15 is 0 Å². The monoisotopic (exact) mass is 262 g/mol. The SMILES string of the molecule is COc1ccc([C@@H](C)NC(C)c2cscn2)cc1. The molecule has 2 rings (SSSR count). The normalized spacial score (nSPS) is 14.2. The Balaban J connectivity index is 2.00. The standard InChI is InChI=1S/C14H18N2OS/c1-10(12-4-6-13(17-3)7-5-12)16-11(2)14-8-18-9-15-14/h4-11,16H,1-3H3/t10-,11?/m1/s1. The van der Waals surface area contributed by atoms with Gasteiger partial charge in [-0.3, -0.25) is 0 Å². The average Bonchev–Trinajstić information content (AvgIpc) is 2.92. The summed E-state index contributed by atoms with van der Waals surface area (Å²) in [5.41, 5.74) is 4.21. The van der Waals surface area contributed by atoms with Crippen molar-refractivity contribution >= 4 is 11.3 Å². The number of aromatic nitrogens is 1. The molecule has 1 aromatic heterocycles. The maximum atomic E-state index is 5.16. The largest absolute Gasteiger partial charge is 0.497 e. The van der Waals surface area contributed by atoms with Crippen molar-refractivity contribution in [3.63, 3.8) is 0 Å². The quantitative estimate of drug-likeness (QED) is 0.894. The highest BCUT2D eigenvalue weighted by Gasteiger charge is 2.12. The van der Waals surface area contributed by atoms with Crippen molar-refractivity contribution in [2.45, 2.75) is 25.9 Å².